The lowest BCUT2D eigenvalue weighted by molar-refractivity contribution is -0.146. The number of hydrogen-bond donors (Lipinski definition) is 1. The van der Waals surface area contributed by atoms with Crippen LogP contribution in [0.5, 0.6) is 0 Å². The van der Waals surface area contributed by atoms with Crippen molar-refractivity contribution in [1.82, 2.24) is 9.38 Å². The molecule has 1 aromatic carbocycles. The number of nitrogens with zero attached hydrogens (tertiary/aromatic N) is 2. The normalized spacial score (nSPS) is 16.5. The molecule has 2 aliphatic carbocycles. The highest BCUT2D eigenvalue weighted by Crippen LogP contribution is 2.49. The Hall–Kier alpha value is -3.00. The minimum absolute atomic E-state index is 0.0259. The van der Waals surface area contributed by atoms with E-state index in [4.69, 9.17) is 4.74 Å². The molecule has 5 rings (SSSR count). The van der Waals surface area contributed by atoms with Gasteiger partial charge in [-0.25, -0.2) is 4.98 Å². The molecule has 1 fully saturated rings. The number of anilines is 1. The minimum Gasteiger partial charge on any atom is -0.465 e. The first-order valence-electron chi connectivity index (χ1n) is 10.6. The predicted molar refractivity (Wildman–Crippen MR) is 118 cm³/mol. The molecule has 3 aromatic rings. The Balaban J connectivity index is 1.38. The Morgan fingerprint density at radius 3 is 2.65 bits per heavy atom. The van der Waals surface area contributed by atoms with Crippen molar-refractivity contribution in [2.45, 2.75) is 50.9 Å². The molecule has 2 aliphatic rings. The quantitative estimate of drug-likeness (QED) is 0.617. The number of nitrogens with one attached hydrogen (secondary N) is 1. The van der Waals surface area contributed by atoms with Crippen LogP contribution in [-0.2, 0) is 27.8 Å². The standard InChI is InChI=1S/C23H23N3O4S/c1-2-30-21(29)23(11-12-23)14-7-9-15(10-8-14)25-19(27)16-13-24-22-26(20(16)28)17-5-3-4-6-18(17)31-22/h7-10,13H,2-6,11-12H2,1H3,(H,25,27). The van der Waals surface area contributed by atoms with Gasteiger partial charge in [0.15, 0.2) is 4.96 Å². The van der Waals surface area contributed by atoms with Crippen molar-refractivity contribution in [2.24, 2.45) is 0 Å². The molecular formula is C23H23N3O4S. The molecule has 0 atom stereocenters. The summed E-state index contributed by atoms with van der Waals surface area (Å²) in [5.74, 6) is -0.680. The summed E-state index contributed by atoms with van der Waals surface area (Å²) in [5.41, 5.74) is 1.60. The fraction of sp³-hybridized carbons (Fsp3) is 0.391. The van der Waals surface area contributed by atoms with E-state index in [0.29, 0.717) is 17.3 Å². The number of amides is 1. The smallest absolute Gasteiger partial charge is 0.316 e. The maximum Gasteiger partial charge on any atom is 0.316 e. The maximum atomic E-state index is 13.0. The highest BCUT2D eigenvalue weighted by molar-refractivity contribution is 7.17. The number of benzene rings is 1. The fourth-order valence-corrected chi connectivity index (χ4v) is 5.47. The molecule has 0 unspecified atom stereocenters. The molecule has 0 spiro atoms. The summed E-state index contributed by atoms with van der Waals surface area (Å²) >= 11 is 1.54. The van der Waals surface area contributed by atoms with Crippen LogP contribution >= 0.6 is 11.3 Å². The Kier molecular flexibility index (Phi) is 4.89. The van der Waals surface area contributed by atoms with Gasteiger partial charge in [0, 0.05) is 22.5 Å². The number of aromatic nitrogens is 2. The molecule has 0 saturated heterocycles. The molecule has 7 nitrogen and oxygen atoms in total. The van der Waals surface area contributed by atoms with Crippen molar-refractivity contribution in [1.29, 1.82) is 0 Å². The Bertz CT molecular complexity index is 1240. The third kappa shape index (κ3) is 3.35. The molecule has 2 heterocycles. The van der Waals surface area contributed by atoms with Crippen molar-refractivity contribution in [2.75, 3.05) is 11.9 Å². The predicted octanol–water partition coefficient (Wildman–Crippen LogP) is 3.48. The van der Waals surface area contributed by atoms with Gasteiger partial charge in [0.25, 0.3) is 11.5 Å². The maximum absolute atomic E-state index is 13.0. The zero-order chi connectivity index (χ0) is 21.6. The first-order chi connectivity index (χ1) is 15.0. The number of aryl methyl sites for hydroxylation is 2. The average Bonchev–Trinajstić information content (AvgIpc) is 3.49. The molecule has 2 aromatic heterocycles. The first kappa shape index (κ1) is 19.9. The zero-order valence-corrected chi connectivity index (χ0v) is 18.1. The molecule has 1 saturated carbocycles. The van der Waals surface area contributed by atoms with Gasteiger partial charge < -0.3 is 10.1 Å². The summed E-state index contributed by atoms with van der Waals surface area (Å²) in [5, 5.41) is 2.78. The van der Waals surface area contributed by atoms with Gasteiger partial charge in [0.2, 0.25) is 0 Å². The van der Waals surface area contributed by atoms with Gasteiger partial charge in [-0.2, -0.15) is 0 Å². The van der Waals surface area contributed by atoms with Crippen LogP contribution in [0.2, 0.25) is 0 Å². The Morgan fingerprint density at radius 1 is 1.19 bits per heavy atom. The van der Waals surface area contributed by atoms with E-state index >= 15 is 0 Å². The fourth-order valence-electron chi connectivity index (χ4n) is 4.30. The molecule has 31 heavy (non-hydrogen) atoms. The van der Waals surface area contributed by atoms with E-state index in [1.807, 2.05) is 12.1 Å². The van der Waals surface area contributed by atoms with Gasteiger partial charge in [0.05, 0.1) is 12.0 Å². The summed E-state index contributed by atoms with van der Waals surface area (Å²) in [6.45, 7) is 2.16. The molecule has 1 N–H and O–H groups in total. The van der Waals surface area contributed by atoms with Gasteiger partial charge >= 0.3 is 5.97 Å². The number of esters is 1. The van der Waals surface area contributed by atoms with Crippen LogP contribution in [0.3, 0.4) is 0 Å². The highest BCUT2D eigenvalue weighted by atomic mass is 32.1. The molecule has 160 valence electrons. The third-order valence-corrected chi connectivity index (χ3v) is 7.32. The summed E-state index contributed by atoms with van der Waals surface area (Å²) in [6, 6.07) is 7.18. The van der Waals surface area contributed by atoms with E-state index in [0.717, 1.165) is 49.8 Å². The number of hydrogen-bond acceptors (Lipinski definition) is 6. The Morgan fingerprint density at radius 2 is 1.94 bits per heavy atom. The monoisotopic (exact) mass is 437 g/mol. The summed E-state index contributed by atoms with van der Waals surface area (Å²) in [4.78, 5) is 44.3. The van der Waals surface area contributed by atoms with E-state index in [2.05, 4.69) is 10.3 Å². The summed E-state index contributed by atoms with van der Waals surface area (Å²) in [6.07, 6.45) is 6.87. The number of thiazole rings is 1. The Labute approximate surface area is 183 Å². The van der Waals surface area contributed by atoms with Gasteiger partial charge in [-0.15, -0.1) is 11.3 Å². The van der Waals surface area contributed by atoms with Gasteiger partial charge in [-0.3, -0.25) is 18.8 Å². The lowest BCUT2D eigenvalue weighted by atomic mass is 9.96. The second-order valence-corrected chi connectivity index (χ2v) is 9.17. The number of carbonyl (C=O) groups excluding carboxylic acids is 2. The van der Waals surface area contributed by atoms with Gasteiger partial charge in [-0.05, 0) is 63.1 Å². The van der Waals surface area contributed by atoms with Crippen LogP contribution in [0, 0.1) is 0 Å². The number of fused-ring (bicyclic) bond motifs is 3. The second kappa shape index (κ2) is 7.60. The summed E-state index contributed by atoms with van der Waals surface area (Å²) < 4.78 is 6.81. The van der Waals surface area contributed by atoms with E-state index in [1.54, 1.807) is 23.5 Å². The molecular weight excluding hydrogens is 414 g/mol. The second-order valence-electron chi connectivity index (χ2n) is 8.11. The van der Waals surface area contributed by atoms with Crippen LogP contribution in [0.4, 0.5) is 5.69 Å². The van der Waals surface area contributed by atoms with Gasteiger partial charge in [0.1, 0.15) is 5.56 Å². The van der Waals surface area contributed by atoms with Crippen molar-refractivity contribution in [3.05, 3.63) is 62.5 Å². The number of carbonyl (C=O) groups is 2. The first-order valence-corrected chi connectivity index (χ1v) is 11.5. The van der Waals surface area contributed by atoms with E-state index in [1.165, 1.54) is 22.4 Å². The zero-order valence-electron chi connectivity index (χ0n) is 17.3. The highest BCUT2D eigenvalue weighted by Gasteiger charge is 2.52. The molecule has 0 bridgehead atoms. The lowest BCUT2D eigenvalue weighted by Gasteiger charge is -2.15. The van der Waals surface area contributed by atoms with Crippen LogP contribution in [-0.4, -0.2) is 27.9 Å². The van der Waals surface area contributed by atoms with Crippen LogP contribution < -0.4 is 10.9 Å². The van der Waals surface area contributed by atoms with Crippen LogP contribution in [0.1, 0.15) is 59.1 Å². The number of rotatable bonds is 5. The number of ether oxygens (including phenoxy) is 1. The molecule has 0 aliphatic heterocycles. The van der Waals surface area contributed by atoms with E-state index < -0.39 is 11.3 Å². The van der Waals surface area contributed by atoms with Crippen molar-refractivity contribution in [3.8, 4) is 0 Å². The molecule has 8 heteroatoms. The van der Waals surface area contributed by atoms with Crippen molar-refractivity contribution < 1.29 is 14.3 Å². The van der Waals surface area contributed by atoms with Crippen molar-refractivity contribution >= 4 is 33.9 Å². The SMILES string of the molecule is CCOC(=O)C1(c2ccc(NC(=O)c3cnc4sc5c(n4c3=O)CCCC5)cc2)CC1. The van der Waals surface area contributed by atoms with Gasteiger partial charge in [-0.1, -0.05) is 12.1 Å². The lowest BCUT2D eigenvalue weighted by Crippen LogP contribution is -2.27. The van der Waals surface area contributed by atoms with E-state index in [-0.39, 0.29) is 17.1 Å². The van der Waals surface area contributed by atoms with Crippen LogP contribution in [0.25, 0.3) is 4.96 Å². The molecule has 0 radical (unpaired) electrons. The minimum atomic E-state index is -0.551. The third-order valence-electron chi connectivity index (χ3n) is 6.16. The average molecular weight is 438 g/mol. The van der Waals surface area contributed by atoms with E-state index in [9.17, 15) is 14.4 Å². The topological polar surface area (TPSA) is 89.8 Å². The summed E-state index contributed by atoms with van der Waals surface area (Å²) in [7, 11) is 0. The van der Waals surface area contributed by atoms with Crippen LogP contribution in [0.15, 0.2) is 35.3 Å². The largest absolute Gasteiger partial charge is 0.465 e. The molecule has 1 amide bonds. The van der Waals surface area contributed by atoms with Crippen molar-refractivity contribution in [3.63, 3.8) is 0 Å².